The lowest BCUT2D eigenvalue weighted by Gasteiger charge is -2.20. The zero-order valence-corrected chi connectivity index (χ0v) is 33.7. The van der Waals surface area contributed by atoms with Crippen molar-refractivity contribution in [3.63, 3.8) is 0 Å². The van der Waals surface area contributed by atoms with Crippen LogP contribution in [-0.4, -0.2) is 15.0 Å². The zero-order valence-electron chi connectivity index (χ0n) is 33.7. The fraction of sp³-hybridized carbons (Fsp3) is 0. The van der Waals surface area contributed by atoms with Gasteiger partial charge in [0, 0.05) is 16.7 Å². The van der Waals surface area contributed by atoms with Crippen molar-refractivity contribution >= 4 is 53.9 Å². The highest BCUT2D eigenvalue weighted by Crippen LogP contribution is 2.46. The number of hydrogen-bond acceptors (Lipinski definition) is 3. The minimum absolute atomic E-state index is 0.628. The molecule has 1 aromatic heterocycles. The lowest BCUT2D eigenvalue weighted by Crippen LogP contribution is -2.00. The summed E-state index contributed by atoms with van der Waals surface area (Å²) < 4.78 is 0. The molecule has 1 heterocycles. The van der Waals surface area contributed by atoms with Crippen molar-refractivity contribution in [3.8, 4) is 67.5 Å². The predicted octanol–water partition coefficient (Wildman–Crippen LogP) is 15.6. The third-order valence-electron chi connectivity index (χ3n) is 12.3. The van der Waals surface area contributed by atoms with E-state index in [0.717, 1.165) is 33.4 Å². The summed E-state index contributed by atoms with van der Waals surface area (Å²) in [5.41, 5.74) is 9.80. The minimum Gasteiger partial charge on any atom is -0.208 e. The van der Waals surface area contributed by atoms with E-state index < -0.39 is 0 Å². The first-order valence-electron chi connectivity index (χ1n) is 21.1. The fourth-order valence-electron chi connectivity index (χ4n) is 9.41. The van der Waals surface area contributed by atoms with Crippen molar-refractivity contribution in [1.82, 2.24) is 15.0 Å². The SMILES string of the molecule is c1ccc(-c2cccc(-c3nc(-c4ccccc4)nc(-c4ccc(-c5c(-c6ccc7c8ccccc8c8ccccc8c7c6)c6ccccc6c6ccccc56)cc4)n3)c2)cc1. The molecule has 0 aliphatic rings. The Bertz CT molecular complexity index is 3640. The van der Waals surface area contributed by atoms with Gasteiger partial charge in [0.05, 0.1) is 0 Å². The molecule has 0 amide bonds. The highest BCUT2D eigenvalue weighted by molar-refractivity contribution is 6.27. The topological polar surface area (TPSA) is 38.7 Å². The van der Waals surface area contributed by atoms with Crippen LogP contribution in [0.2, 0.25) is 0 Å². The number of fused-ring (bicyclic) bond motifs is 9. The molecule has 0 bridgehead atoms. The molecule has 0 unspecified atom stereocenters. The molecular formula is C59H37N3. The van der Waals surface area contributed by atoms with Gasteiger partial charge in [-0.2, -0.15) is 0 Å². The van der Waals surface area contributed by atoms with Crippen LogP contribution in [0, 0.1) is 0 Å². The quantitative estimate of drug-likeness (QED) is 0.158. The molecule has 0 spiro atoms. The molecule has 12 aromatic rings. The summed E-state index contributed by atoms with van der Waals surface area (Å²) in [7, 11) is 0. The largest absolute Gasteiger partial charge is 0.208 e. The number of benzene rings is 11. The van der Waals surface area contributed by atoms with E-state index in [1.165, 1.54) is 70.6 Å². The third-order valence-corrected chi connectivity index (χ3v) is 12.3. The van der Waals surface area contributed by atoms with Gasteiger partial charge in [-0.1, -0.05) is 212 Å². The summed E-state index contributed by atoms with van der Waals surface area (Å²) in [5, 5.41) is 12.5. The second kappa shape index (κ2) is 14.8. The lowest BCUT2D eigenvalue weighted by atomic mass is 9.83. The van der Waals surface area contributed by atoms with Crippen LogP contribution >= 0.6 is 0 Å². The number of rotatable bonds is 6. The summed E-state index contributed by atoms with van der Waals surface area (Å²) in [6.07, 6.45) is 0. The van der Waals surface area contributed by atoms with Crippen molar-refractivity contribution in [2.45, 2.75) is 0 Å². The molecule has 0 fully saturated rings. The number of aromatic nitrogens is 3. The predicted molar refractivity (Wildman–Crippen MR) is 260 cm³/mol. The van der Waals surface area contributed by atoms with Crippen LogP contribution in [0.5, 0.6) is 0 Å². The summed E-state index contributed by atoms with van der Waals surface area (Å²) in [4.78, 5) is 15.3. The van der Waals surface area contributed by atoms with E-state index in [0.29, 0.717) is 17.5 Å². The molecule has 0 saturated heterocycles. The van der Waals surface area contributed by atoms with Gasteiger partial charge >= 0.3 is 0 Å². The summed E-state index contributed by atoms with van der Waals surface area (Å²) in [5.74, 6) is 1.90. The second-order valence-electron chi connectivity index (χ2n) is 15.9. The van der Waals surface area contributed by atoms with Crippen LogP contribution in [0.25, 0.3) is 121 Å². The van der Waals surface area contributed by atoms with Crippen LogP contribution < -0.4 is 0 Å². The summed E-state index contributed by atoms with van der Waals surface area (Å²) in [6.45, 7) is 0. The molecule has 0 atom stereocenters. The van der Waals surface area contributed by atoms with Crippen molar-refractivity contribution in [2.75, 3.05) is 0 Å². The van der Waals surface area contributed by atoms with Crippen molar-refractivity contribution < 1.29 is 0 Å². The highest BCUT2D eigenvalue weighted by Gasteiger charge is 2.20. The maximum atomic E-state index is 5.15. The van der Waals surface area contributed by atoms with Crippen molar-refractivity contribution in [1.29, 1.82) is 0 Å². The van der Waals surface area contributed by atoms with E-state index >= 15 is 0 Å². The van der Waals surface area contributed by atoms with Gasteiger partial charge in [0.2, 0.25) is 0 Å². The van der Waals surface area contributed by atoms with E-state index in [2.05, 4.69) is 200 Å². The lowest BCUT2D eigenvalue weighted by molar-refractivity contribution is 1.07. The molecule has 0 radical (unpaired) electrons. The Labute approximate surface area is 359 Å². The molecule has 3 heteroatoms. The van der Waals surface area contributed by atoms with Gasteiger partial charge < -0.3 is 0 Å². The van der Waals surface area contributed by atoms with Gasteiger partial charge in [0.25, 0.3) is 0 Å². The molecule has 0 saturated carbocycles. The van der Waals surface area contributed by atoms with Crippen LogP contribution in [0.3, 0.4) is 0 Å². The van der Waals surface area contributed by atoms with Gasteiger partial charge in [0.15, 0.2) is 17.5 Å². The van der Waals surface area contributed by atoms with Gasteiger partial charge in [0.1, 0.15) is 0 Å². The van der Waals surface area contributed by atoms with E-state index in [1.54, 1.807) is 0 Å². The summed E-state index contributed by atoms with van der Waals surface area (Å²) in [6, 6.07) is 80.2. The summed E-state index contributed by atoms with van der Waals surface area (Å²) >= 11 is 0. The molecular weight excluding hydrogens is 751 g/mol. The maximum absolute atomic E-state index is 5.15. The maximum Gasteiger partial charge on any atom is 0.164 e. The van der Waals surface area contributed by atoms with Crippen LogP contribution in [-0.2, 0) is 0 Å². The minimum atomic E-state index is 0.628. The van der Waals surface area contributed by atoms with Gasteiger partial charge in [-0.05, 0) is 99.4 Å². The molecule has 0 aliphatic carbocycles. The fourth-order valence-corrected chi connectivity index (χ4v) is 9.41. The molecule has 3 nitrogen and oxygen atoms in total. The second-order valence-corrected chi connectivity index (χ2v) is 15.9. The molecule has 288 valence electrons. The highest BCUT2D eigenvalue weighted by atomic mass is 15.0. The Kier molecular flexibility index (Phi) is 8.50. The molecule has 62 heavy (non-hydrogen) atoms. The third kappa shape index (κ3) is 6.02. The Morgan fingerprint density at radius 2 is 0.516 bits per heavy atom. The van der Waals surface area contributed by atoms with Gasteiger partial charge in [-0.15, -0.1) is 0 Å². The number of hydrogen-bond donors (Lipinski definition) is 0. The van der Waals surface area contributed by atoms with Crippen LogP contribution in [0.15, 0.2) is 224 Å². The molecule has 11 aromatic carbocycles. The van der Waals surface area contributed by atoms with Gasteiger partial charge in [-0.25, -0.2) is 15.0 Å². The normalized spacial score (nSPS) is 11.5. The first-order chi connectivity index (χ1) is 30.7. The average Bonchev–Trinajstić information content (AvgIpc) is 3.36. The molecule has 0 aliphatic heterocycles. The van der Waals surface area contributed by atoms with Crippen molar-refractivity contribution in [3.05, 3.63) is 224 Å². The first kappa shape index (κ1) is 35.7. The van der Waals surface area contributed by atoms with Gasteiger partial charge in [-0.3, -0.25) is 0 Å². The van der Waals surface area contributed by atoms with Crippen molar-refractivity contribution in [2.24, 2.45) is 0 Å². The molecule has 12 rings (SSSR count). The zero-order chi connectivity index (χ0) is 41.0. The smallest absolute Gasteiger partial charge is 0.164 e. The first-order valence-corrected chi connectivity index (χ1v) is 21.1. The molecule has 0 N–H and O–H groups in total. The van der Waals surface area contributed by atoms with E-state index in [1.807, 2.05) is 24.3 Å². The standard InChI is InChI=1S/C59H37N3/c1-3-16-38(17-4-1)42-20-15-21-44(36-42)59-61-57(40-18-5-2-6-19-40)60-58(62-59)41-32-30-39(31-33-41)55-52-28-13-11-25-48(52)49-26-12-14-29-53(49)56(55)43-34-35-51-47-24-8-7-22-45(47)46-23-9-10-27-50(46)54(51)37-43/h1-37H. The van der Waals surface area contributed by atoms with E-state index in [-0.39, 0.29) is 0 Å². The van der Waals surface area contributed by atoms with E-state index in [4.69, 9.17) is 15.0 Å². The Morgan fingerprint density at radius 3 is 1.06 bits per heavy atom. The Morgan fingerprint density at radius 1 is 0.177 bits per heavy atom. The Hall–Kier alpha value is -8.27. The van der Waals surface area contributed by atoms with Crippen LogP contribution in [0.1, 0.15) is 0 Å². The number of nitrogens with zero attached hydrogens (tertiary/aromatic N) is 3. The average molecular weight is 788 g/mol. The monoisotopic (exact) mass is 787 g/mol. The van der Waals surface area contributed by atoms with Crippen LogP contribution in [0.4, 0.5) is 0 Å². The van der Waals surface area contributed by atoms with E-state index in [9.17, 15) is 0 Å². The Balaban J connectivity index is 1.05.